The summed E-state index contributed by atoms with van der Waals surface area (Å²) in [4.78, 5) is 26.7. The fourth-order valence-corrected chi connectivity index (χ4v) is 5.15. The minimum Gasteiger partial charge on any atom is -0.493 e. The van der Waals surface area contributed by atoms with Gasteiger partial charge in [0.2, 0.25) is 5.91 Å². The predicted octanol–water partition coefficient (Wildman–Crippen LogP) is 4.33. The van der Waals surface area contributed by atoms with Crippen molar-refractivity contribution in [3.8, 4) is 23.0 Å². The number of ketones is 1. The van der Waals surface area contributed by atoms with Crippen LogP contribution in [0, 0.1) is 0 Å². The topological polar surface area (TPSA) is 77.5 Å². The van der Waals surface area contributed by atoms with Crippen molar-refractivity contribution in [3.05, 3.63) is 46.5 Å². The lowest BCUT2D eigenvalue weighted by molar-refractivity contribution is -0.130. The standard InChI is InChI=1S/C27H36N2O5.C3H6O.ClH/c1-28(17-21-11-20-14-25(33-4)26(34-5)16-22(20)21)8-6-9-29-10-7-18-12-23(31-2)24(32-3)13-19(18)15-27(29)30;1-3(2)4;/h12-14,16,21H,6-11,15,17H2,1-5H3;1-2H3;1H/t21-;;/m1../s1. The van der Waals surface area contributed by atoms with Gasteiger partial charge < -0.3 is 33.5 Å². The molecule has 0 spiro atoms. The largest absolute Gasteiger partial charge is 0.493 e. The van der Waals surface area contributed by atoms with Crippen molar-refractivity contribution in [2.45, 2.75) is 45.4 Å². The zero-order valence-electron chi connectivity index (χ0n) is 24.3. The van der Waals surface area contributed by atoms with Crippen LogP contribution in [0.2, 0.25) is 0 Å². The minimum atomic E-state index is 0. The van der Waals surface area contributed by atoms with E-state index in [1.54, 1.807) is 28.4 Å². The second kappa shape index (κ2) is 15.0. The van der Waals surface area contributed by atoms with E-state index in [4.69, 9.17) is 18.9 Å². The van der Waals surface area contributed by atoms with E-state index < -0.39 is 0 Å². The summed E-state index contributed by atoms with van der Waals surface area (Å²) in [5.41, 5.74) is 4.91. The quantitative estimate of drug-likeness (QED) is 0.426. The van der Waals surface area contributed by atoms with Crippen LogP contribution in [0.15, 0.2) is 24.3 Å². The Morgan fingerprint density at radius 3 is 1.97 bits per heavy atom. The summed E-state index contributed by atoms with van der Waals surface area (Å²) in [5, 5.41) is 0. The van der Waals surface area contributed by atoms with Crippen molar-refractivity contribution in [2.75, 3.05) is 61.7 Å². The number of carbonyl (C=O) groups is 2. The number of fused-ring (bicyclic) bond motifs is 2. The van der Waals surface area contributed by atoms with Crippen LogP contribution < -0.4 is 18.9 Å². The van der Waals surface area contributed by atoms with E-state index in [1.165, 1.54) is 30.5 Å². The Hall–Kier alpha value is -2.97. The van der Waals surface area contributed by atoms with Crippen LogP contribution in [0.25, 0.3) is 0 Å². The first-order valence-corrected chi connectivity index (χ1v) is 13.1. The molecule has 39 heavy (non-hydrogen) atoms. The number of ether oxygens (including phenoxy) is 4. The van der Waals surface area contributed by atoms with Crippen molar-refractivity contribution in [3.63, 3.8) is 0 Å². The molecule has 2 aliphatic rings. The Morgan fingerprint density at radius 1 is 0.897 bits per heavy atom. The second-order valence-corrected chi connectivity index (χ2v) is 10.1. The van der Waals surface area contributed by atoms with Crippen LogP contribution in [0.1, 0.15) is 48.4 Å². The average Bonchev–Trinajstić information content (AvgIpc) is 3.03. The lowest BCUT2D eigenvalue weighted by atomic mass is 9.77. The fourth-order valence-electron chi connectivity index (χ4n) is 5.15. The Labute approximate surface area is 239 Å². The molecule has 1 heterocycles. The number of rotatable bonds is 10. The molecule has 0 unspecified atom stereocenters. The zero-order valence-corrected chi connectivity index (χ0v) is 25.1. The molecule has 2 aromatic carbocycles. The van der Waals surface area contributed by atoms with Crippen LogP contribution in [0.5, 0.6) is 23.0 Å². The van der Waals surface area contributed by atoms with E-state index in [-0.39, 0.29) is 24.1 Å². The van der Waals surface area contributed by atoms with Crippen molar-refractivity contribution >= 4 is 24.1 Å². The van der Waals surface area contributed by atoms with Crippen LogP contribution in [0.3, 0.4) is 0 Å². The molecule has 4 rings (SSSR count). The van der Waals surface area contributed by atoms with E-state index >= 15 is 0 Å². The third-order valence-electron chi connectivity index (χ3n) is 7.10. The molecule has 0 fully saturated rings. The molecule has 8 nitrogen and oxygen atoms in total. The maximum atomic E-state index is 12.9. The summed E-state index contributed by atoms with van der Waals surface area (Å²) < 4.78 is 21.7. The molecule has 0 saturated carbocycles. The molecule has 216 valence electrons. The maximum absolute atomic E-state index is 12.9. The number of amides is 1. The van der Waals surface area contributed by atoms with Gasteiger partial charge in [-0.05, 0) is 93.2 Å². The van der Waals surface area contributed by atoms with Crippen LogP contribution in [-0.2, 0) is 28.9 Å². The average molecular weight is 563 g/mol. The second-order valence-electron chi connectivity index (χ2n) is 10.1. The normalized spacial score (nSPS) is 15.4. The van der Waals surface area contributed by atoms with Gasteiger partial charge in [0.05, 0.1) is 34.9 Å². The summed E-state index contributed by atoms with van der Waals surface area (Å²) >= 11 is 0. The Balaban J connectivity index is 0.000000998. The van der Waals surface area contributed by atoms with Crippen molar-refractivity contribution in [2.24, 2.45) is 0 Å². The molecule has 1 aliphatic heterocycles. The Kier molecular flexibility index (Phi) is 12.4. The number of nitrogens with zero attached hydrogens (tertiary/aromatic N) is 2. The van der Waals surface area contributed by atoms with E-state index in [9.17, 15) is 9.59 Å². The fraction of sp³-hybridized carbons (Fsp3) is 0.533. The van der Waals surface area contributed by atoms with E-state index in [2.05, 4.69) is 24.1 Å². The first-order chi connectivity index (χ1) is 18.2. The monoisotopic (exact) mass is 562 g/mol. The summed E-state index contributed by atoms with van der Waals surface area (Å²) in [6.07, 6.45) is 3.27. The van der Waals surface area contributed by atoms with Gasteiger partial charge in [0.1, 0.15) is 5.78 Å². The van der Waals surface area contributed by atoms with Gasteiger partial charge >= 0.3 is 0 Å². The number of carbonyl (C=O) groups excluding carboxylic acids is 2. The highest BCUT2D eigenvalue weighted by molar-refractivity contribution is 5.85. The lowest BCUT2D eigenvalue weighted by Crippen LogP contribution is -2.36. The van der Waals surface area contributed by atoms with Gasteiger partial charge in [0, 0.05) is 25.6 Å². The molecule has 9 heteroatoms. The molecule has 0 aromatic heterocycles. The highest BCUT2D eigenvalue weighted by Gasteiger charge is 2.29. The molecule has 1 aliphatic carbocycles. The van der Waals surface area contributed by atoms with Gasteiger partial charge in [0.15, 0.2) is 23.0 Å². The number of likely N-dealkylation sites (N-methyl/N-ethyl adjacent to an activating group) is 1. The molecule has 0 saturated heterocycles. The first-order valence-electron chi connectivity index (χ1n) is 13.1. The third-order valence-corrected chi connectivity index (χ3v) is 7.10. The van der Waals surface area contributed by atoms with Crippen LogP contribution in [-0.4, -0.2) is 83.2 Å². The minimum absolute atomic E-state index is 0. The van der Waals surface area contributed by atoms with Gasteiger partial charge in [-0.3, -0.25) is 4.79 Å². The molecule has 2 aromatic rings. The maximum Gasteiger partial charge on any atom is 0.227 e. The van der Waals surface area contributed by atoms with Gasteiger partial charge in [-0.2, -0.15) is 0 Å². The first kappa shape index (κ1) is 32.2. The van der Waals surface area contributed by atoms with Crippen LogP contribution >= 0.6 is 12.4 Å². The van der Waals surface area contributed by atoms with E-state index in [0.29, 0.717) is 18.1 Å². The number of methoxy groups -OCH3 is 4. The molecule has 0 bridgehead atoms. The molecule has 0 radical (unpaired) electrons. The number of benzene rings is 2. The number of Topliss-reactive ketones (excluding diaryl/α,β-unsaturated/α-hetero) is 1. The number of hydrogen-bond acceptors (Lipinski definition) is 7. The van der Waals surface area contributed by atoms with E-state index in [0.717, 1.165) is 68.3 Å². The molecule has 0 N–H and O–H groups in total. The zero-order chi connectivity index (χ0) is 27.8. The van der Waals surface area contributed by atoms with Gasteiger partial charge in [-0.25, -0.2) is 0 Å². The summed E-state index contributed by atoms with van der Waals surface area (Å²) in [5.74, 6) is 3.86. The molecule has 1 atom stereocenters. The lowest BCUT2D eigenvalue weighted by Gasteiger charge is -2.34. The number of hydrogen-bond donors (Lipinski definition) is 0. The molecular weight excluding hydrogens is 520 g/mol. The Bertz CT molecular complexity index is 1130. The smallest absolute Gasteiger partial charge is 0.227 e. The number of halogens is 1. The third kappa shape index (κ3) is 8.26. The summed E-state index contributed by atoms with van der Waals surface area (Å²) in [6.45, 7) is 6.53. The van der Waals surface area contributed by atoms with Crippen LogP contribution in [0.4, 0.5) is 0 Å². The van der Waals surface area contributed by atoms with Gasteiger partial charge in [-0.1, -0.05) is 0 Å². The van der Waals surface area contributed by atoms with Crippen molar-refractivity contribution in [1.82, 2.24) is 9.80 Å². The molecule has 1 amide bonds. The van der Waals surface area contributed by atoms with Crippen molar-refractivity contribution in [1.29, 1.82) is 0 Å². The summed E-state index contributed by atoms with van der Waals surface area (Å²) in [6, 6.07) is 8.18. The van der Waals surface area contributed by atoms with Gasteiger partial charge in [-0.15, -0.1) is 12.4 Å². The molecular formula is C30H43ClN2O6. The van der Waals surface area contributed by atoms with E-state index in [1.807, 2.05) is 17.0 Å². The Morgan fingerprint density at radius 2 is 1.41 bits per heavy atom. The predicted molar refractivity (Wildman–Crippen MR) is 155 cm³/mol. The highest BCUT2D eigenvalue weighted by Crippen LogP contribution is 2.42. The van der Waals surface area contributed by atoms with Gasteiger partial charge in [0.25, 0.3) is 0 Å². The van der Waals surface area contributed by atoms with Crippen molar-refractivity contribution < 1.29 is 28.5 Å². The SMILES string of the molecule is CC(C)=O.COc1cc2c(cc1OC)CC(=O)N(CCCN(C)C[C@H]1Cc3cc(OC)c(OC)cc31)CC2.Cl. The highest BCUT2D eigenvalue weighted by atomic mass is 35.5. The summed E-state index contributed by atoms with van der Waals surface area (Å²) in [7, 11) is 8.79.